The summed E-state index contributed by atoms with van der Waals surface area (Å²) >= 11 is 0. The van der Waals surface area contributed by atoms with E-state index in [2.05, 4.69) is 42.8 Å². The van der Waals surface area contributed by atoms with Crippen LogP contribution in [0, 0.1) is 5.92 Å². The molecule has 0 amide bonds. The third-order valence-corrected chi connectivity index (χ3v) is 3.75. The molecule has 3 nitrogen and oxygen atoms in total. The molecule has 18 heavy (non-hydrogen) atoms. The summed E-state index contributed by atoms with van der Waals surface area (Å²) in [5.41, 5.74) is 0. The van der Waals surface area contributed by atoms with Crippen LogP contribution < -0.4 is 5.32 Å². The van der Waals surface area contributed by atoms with Gasteiger partial charge in [-0.2, -0.15) is 0 Å². The van der Waals surface area contributed by atoms with Crippen molar-refractivity contribution in [1.29, 1.82) is 0 Å². The Morgan fingerprint density at radius 1 is 1.00 bits per heavy atom. The van der Waals surface area contributed by atoms with Crippen LogP contribution in [0.3, 0.4) is 0 Å². The molecule has 0 bridgehead atoms. The Balaban J connectivity index is 2.05. The van der Waals surface area contributed by atoms with E-state index < -0.39 is 0 Å². The van der Waals surface area contributed by atoms with E-state index in [-0.39, 0.29) is 0 Å². The van der Waals surface area contributed by atoms with E-state index in [0.717, 1.165) is 12.5 Å². The van der Waals surface area contributed by atoms with E-state index in [9.17, 15) is 0 Å². The highest BCUT2D eigenvalue weighted by Crippen LogP contribution is 2.07. The van der Waals surface area contributed by atoms with Crippen molar-refractivity contribution in [2.24, 2.45) is 5.92 Å². The second kappa shape index (κ2) is 8.89. The fourth-order valence-electron chi connectivity index (χ4n) is 2.78. The Kier molecular flexibility index (Phi) is 7.87. The molecule has 1 rings (SSSR count). The Labute approximate surface area is 114 Å². The molecule has 0 radical (unpaired) electrons. The first-order valence-corrected chi connectivity index (χ1v) is 7.80. The van der Waals surface area contributed by atoms with Crippen molar-refractivity contribution >= 4 is 0 Å². The molecule has 1 atom stereocenters. The van der Waals surface area contributed by atoms with Crippen molar-refractivity contribution in [3.63, 3.8) is 0 Å². The summed E-state index contributed by atoms with van der Waals surface area (Å²) in [7, 11) is 0. The van der Waals surface area contributed by atoms with Crippen LogP contribution >= 0.6 is 0 Å². The standard InChI is InChI=1S/C15H33N3/c1-5-16-15(4)7-6-8-17-9-11-18(12-10-17)13-14(2)3/h14-16H,5-13H2,1-4H3. The monoisotopic (exact) mass is 255 g/mol. The minimum absolute atomic E-state index is 0.678. The number of nitrogens with zero attached hydrogens (tertiary/aromatic N) is 2. The molecule has 0 saturated carbocycles. The lowest BCUT2D eigenvalue weighted by molar-refractivity contribution is 0.120. The third kappa shape index (κ3) is 6.72. The van der Waals surface area contributed by atoms with Crippen LogP contribution in [0.25, 0.3) is 0 Å². The lowest BCUT2D eigenvalue weighted by atomic mass is 10.1. The zero-order valence-electron chi connectivity index (χ0n) is 12.9. The van der Waals surface area contributed by atoms with Crippen molar-refractivity contribution in [2.45, 2.75) is 46.6 Å². The van der Waals surface area contributed by atoms with Gasteiger partial charge in [0, 0.05) is 38.8 Å². The average molecular weight is 255 g/mol. The average Bonchev–Trinajstić information content (AvgIpc) is 2.31. The highest BCUT2D eigenvalue weighted by molar-refractivity contribution is 4.73. The molecule has 1 N–H and O–H groups in total. The van der Waals surface area contributed by atoms with Gasteiger partial charge >= 0.3 is 0 Å². The normalized spacial score (nSPS) is 20.5. The Morgan fingerprint density at radius 2 is 1.61 bits per heavy atom. The number of hydrogen-bond acceptors (Lipinski definition) is 3. The zero-order chi connectivity index (χ0) is 13.4. The molecule has 1 saturated heterocycles. The zero-order valence-corrected chi connectivity index (χ0v) is 12.9. The summed E-state index contributed by atoms with van der Waals surface area (Å²) in [5.74, 6) is 0.803. The molecule has 1 aliphatic heterocycles. The van der Waals surface area contributed by atoms with Crippen LogP contribution in [0.15, 0.2) is 0 Å². The van der Waals surface area contributed by atoms with E-state index in [4.69, 9.17) is 0 Å². The quantitative estimate of drug-likeness (QED) is 0.716. The highest BCUT2D eigenvalue weighted by atomic mass is 15.3. The number of rotatable bonds is 8. The van der Waals surface area contributed by atoms with Crippen LogP contribution in [0.5, 0.6) is 0 Å². The van der Waals surface area contributed by atoms with Gasteiger partial charge in [0.1, 0.15) is 0 Å². The highest BCUT2D eigenvalue weighted by Gasteiger charge is 2.16. The molecule has 3 heteroatoms. The Morgan fingerprint density at radius 3 is 2.17 bits per heavy atom. The van der Waals surface area contributed by atoms with Crippen molar-refractivity contribution in [3.8, 4) is 0 Å². The Hall–Kier alpha value is -0.120. The van der Waals surface area contributed by atoms with Gasteiger partial charge in [0.25, 0.3) is 0 Å². The van der Waals surface area contributed by atoms with Crippen LogP contribution in [0.2, 0.25) is 0 Å². The second-order valence-electron chi connectivity index (χ2n) is 6.14. The van der Waals surface area contributed by atoms with E-state index >= 15 is 0 Å². The number of nitrogens with one attached hydrogen (secondary N) is 1. The van der Waals surface area contributed by atoms with Gasteiger partial charge in [0.15, 0.2) is 0 Å². The predicted molar refractivity (Wildman–Crippen MR) is 80.1 cm³/mol. The molecule has 0 aromatic heterocycles. The van der Waals surface area contributed by atoms with Crippen LogP contribution in [-0.2, 0) is 0 Å². The van der Waals surface area contributed by atoms with Gasteiger partial charge in [-0.3, -0.25) is 0 Å². The molecular formula is C15H33N3. The summed E-state index contributed by atoms with van der Waals surface area (Å²) in [6.07, 6.45) is 2.64. The lowest BCUT2D eigenvalue weighted by Gasteiger charge is -2.35. The predicted octanol–water partition coefficient (Wildman–Crippen LogP) is 2.04. The number of piperazine rings is 1. The first kappa shape index (κ1) is 15.9. The first-order valence-electron chi connectivity index (χ1n) is 7.80. The van der Waals surface area contributed by atoms with E-state index in [1.165, 1.54) is 52.1 Å². The fraction of sp³-hybridized carbons (Fsp3) is 1.00. The number of hydrogen-bond donors (Lipinski definition) is 1. The maximum atomic E-state index is 3.49. The van der Waals surface area contributed by atoms with Crippen LogP contribution in [0.4, 0.5) is 0 Å². The van der Waals surface area contributed by atoms with Gasteiger partial charge < -0.3 is 15.1 Å². The minimum atomic E-state index is 0.678. The molecular weight excluding hydrogens is 222 g/mol. The molecule has 0 spiro atoms. The molecule has 1 heterocycles. The smallest absolute Gasteiger partial charge is 0.0110 e. The summed E-state index contributed by atoms with van der Waals surface area (Å²) in [6, 6.07) is 0.678. The summed E-state index contributed by atoms with van der Waals surface area (Å²) in [4.78, 5) is 5.25. The maximum absolute atomic E-state index is 3.49. The SMILES string of the molecule is CCNC(C)CCCN1CCN(CC(C)C)CC1. The lowest BCUT2D eigenvalue weighted by Crippen LogP contribution is -2.47. The van der Waals surface area contributed by atoms with E-state index in [0.29, 0.717) is 6.04 Å². The van der Waals surface area contributed by atoms with Gasteiger partial charge in [0.2, 0.25) is 0 Å². The molecule has 0 aromatic carbocycles. The first-order chi connectivity index (χ1) is 8.61. The van der Waals surface area contributed by atoms with Crippen molar-refractivity contribution < 1.29 is 0 Å². The van der Waals surface area contributed by atoms with Crippen molar-refractivity contribution in [1.82, 2.24) is 15.1 Å². The molecule has 0 aliphatic carbocycles. The fourth-order valence-corrected chi connectivity index (χ4v) is 2.78. The molecule has 0 aromatic rings. The second-order valence-corrected chi connectivity index (χ2v) is 6.14. The Bertz CT molecular complexity index is 198. The van der Waals surface area contributed by atoms with Crippen molar-refractivity contribution in [2.75, 3.05) is 45.8 Å². The third-order valence-electron chi connectivity index (χ3n) is 3.75. The van der Waals surface area contributed by atoms with Crippen molar-refractivity contribution in [3.05, 3.63) is 0 Å². The maximum Gasteiger partial charge on any atom is 0.0110 e. The minimum Gasteiger partial charge on any atom is -0.315 e. The van der Waals surface area contributed by atoms with Crippen LogP contribution in [0.1, 0.15) is 40.5 Å². The summed E-state index contributed by atoms with van der Waals surface area (Å²) in [5, 5.41) is 3.49. The molecule has 1 aliphatic rings. The summed E-state index contributed by atoms with van der Waals surface area (Å²) in [6.45, 7) is 17.8. The molecule has 1 unspecified atom stereocenters. The topological polar surface area (TPSA) is 18.5 Å². The van der Waals surface area contributed by atoms with E-state index in [1.807, 2.05) is 0 Å². The van der Waals surface area contributed by atoms with E-state index in [1.54, 1.807) is 0 Å². The van der Waals surface area contributed by atoms with Gasteiger partial charge in [0.05, 0.1) is 0 Å². The molecule has 1 fully saturated rings. The summed E-state index contributed by atoms with van der Waals surface area (Å²) < 4.78 is 0. The molecule has 108 valence electrons. The van der Waals surface area contributed by atoms with Crippen LogP contribution in [-0.4, -0.2) is 61.7 Å². The van der Waals surface area contributed by atoms with Gasteiger partial charge in [-0.05, 0) is 38.8 Å². The van der Waals surface area contributed by atoms with Gasteiger partial charge in [-0.1, -0.05) is 20.8 Å². The largest absolute Gasteiger partial charge is 0.315 e. The van der Waals surface area contributed by atoms with Gasteiger partial charge in [-0.15, -0.1) is 0 Å². The van der Waals surface area contributed by atoms with Gasteiger partial charge in [-0.25, -0.2) is 0 Å².